The lowest BCUT2D eigenvalue weighted by Crippen LogP contribution is -2.31. The van der Waals surface area contributed by atoms with Crippen LogP contribution in [0.5, 0.6) is 11.6 Å². The third-order valence-electron chi connectivity index (χ3n) is 3.78. The summed E-state index contributed by atoms with van der Waals surface area (Å²) in [4.78, 5) is 20.2. The second-order valence-electron chi connectivity index (χ2n) is 6.20. The van der Waals surface area contributed by atoms with E-state index < -0.39 is 0 Å². The molecule has 2 aromatic carbocycles. The highest BCUT2D eigenvalue weighted by Crippen LogP contribution is 2.29. The number of nitrogens with one attached hydrogen (secondary N) is 2. The van der Waals surface area contributed by atoms with Crippen molar-refractivity contribution in [2.45, 2.75) is 20.3 Å². The summed E-state index contributed by atoms with van der Waals surface area (Å²) in [6, 6.07) is 15.3. The highest BCUT2D eigenvalue weighted by Gasteiger charge is 2.12. The molecule has 0 aliphatic heterocycles. The first kappa shape index (κ1) is 18.2. The molecule has 138 valence electrons. The van der Waals surface area contributed by atoms with Gasteiger partial charge in [0.25, 0.3) is 0 Å². The van der Waals surface area contributed by atoms with Crippen LogP contribution in [0.2, 0.25) is 0 Å². The number of amides is 1. The fourth-order valence-electron chi connectivity index (χ4n) is 2.62. The van der Waals surface area contributed by atoms with Crippen LogP contribution in [-0.2, 0) is 11.2 Å². The molecule has 3 rings (SSSR count). The van der Waals surface area contributed by atoms with Crippen LogP contribution in [0.3, 0.4) is 0 Å². The molecule has 0 saturated heterocycles. The third-order valence-corrected chi connectivity index (χ3v) is 3.78. The van der Waals surface area contributed by atoms with Gasteiger partial charge in [-0.05, 0) is 42.7 Å². The lowest BCUT2D eigenvalue weighted by atomic mass is 10.1. The summed E-state index contributed by atoms with van der Waals surface area (Å²) in [6.45, 7) is 3.97. The van der Waals surface area contributed by atoms with E-state index in [-0.39, 0.29) is 29.7 Å². The highest BCUT2D eigenvalue weighted by molar-refractivity contribution is 5.80. The van der Waals surface area contributed by atoms with E-state index in [0.717, 1.165) is 16.7 Å². The number of hydrogen-bond acceptors (Lipinski definition) is 6. The quantitative estimate of drug-likeness (QED) is 0.582. The van der Waals surface area contributed by atoms with E-state index in [1.54, 1.807) is 0 Å². The van der Waals surface area contributed by atoms with Crippen molar-refractivity contribution in [3.8, 4) is 11.6 Å². The molecule has 0 spiro atoms. The molecule has 0 saturated carbocycles. The zero-order valence-electron chi connectivity index (χ0n) is 15.2. The van der Waals surface area contributed by atoms with Gasteiger partial charge in [0, 0.05) is 0 Å². The number of benzene rings is 2. The molecular weight excluding hydrogens is 342 g/mol. The summed E-state index contributed by atoms with van der Waals surface area (Å²) < 4.78 is 5.79. The molecule has 0 bridgehead atoms. The van der Waals surface area contributed by atoms with Crippen molar-refractivity contribution in [3.05, 3.63) is 71.5 Å². The Bertz CT molecular complexity index is 924. The van der Waals surface area contributed by atoms with Crippen LogP contribution >= 0.6 is 0 Å². The van der Waals surface area contributed by atoms with E-state index in [1.165, 1.54) is 6.33 Å². The summed E-state index contributed by atoms with van der Waals surface area (Å²) in [5.74, 6) is 0.911. The van der Waals surface area contributed by atoms with Crippen LogP contribution in [0.1, 0.15) is 16.7 Å². The summed E-state index contributed by atoms with van der Waals surface area (Å²) in [7, 11) is 0. The van der Waals surface area contributed by atoms with E-state index in [2.05, 4.69) is 20.8 Å². The average Bonchev–Trinajstić information content (AvgIpc) is 2.62. The van der Waals surface area contributed by atoms with E-state index in [9.17, 15) is 4.79 Å². The van der Waals surface area contributed by atoms with Crippen LogP contribution in [-0.4, -0.2) is 15.9 Å². The molecule has 27 heavy (non-hydrogen) atoms. The van der Waals surface area contributed by atoms with Gasteiger partial charge in [0.05, 0.1) is 6.42 Å². The van der Waals surface area contributed by atoms with Crippen molar-refractivity contribution in [3.63, 3.8) is 0 Å². The zero-order valence-corrected chi connectivity index (χ0v) is 15.2. The van der Waals surface area contributed by atoms with Gasteiger partial charge in [0.2, 0.25) is 11.8 Å². The van der Waals surface area contributed by atoms with E-state index in [1.807, 2.05) is 62.4 Å². The molecule has 7 heteroatoms. The minimum Gasteiger partial charge on any atom is -0.437 e. The third kappa shape index (κ3) is 4.94. The van der Waals surface area contributed by atoms with Gasteiger partial charge in [-0.1, -0.05) is 36.4 Å². The Morgan fingerprint density at radius 1 is 1.07 bits per heavy atom. The van der Waals surface area contributed by atoms with Crippen LogP contribution in [0.15, 0.2) is 54.9 Å². The van der Waals surface area contributed by atoms with Gasteiger partial charge in [0.15, 0.2) is 5.82 Å². The Kier molecular flexibility index (Phi) is 5.51. The van der Waals surface area contributed by atoms with Crippen molar-refractivity contribution in [2.24, 2.45) is 0 Å². The minimum atomic E-state index is -0.212. The number of ether oxygens (including phenoxy) is 1. The molecule has 1 heterocycles. The van der Waals surface area contributed by atoms with Gasteiger partial charge in [-0.2, -0.15) is 4.98 Å². The van der Waals surface area contributed by atoms with Gasteiger partial charge in [0.1, 0.15) is 17.8 Å². The maximum absolute atomic E-state index is 12.1. The normalized spacial score (nSPS) is 10.3. The van der Waals surface area contributed by atoms with E-state index in [4.69, 9.17) is 10.5 Å². The number of carbonyl (C=O) groups excluding carboxylic acids is 1. The Balaban J connectivity index is 1.66. The molecule has 4 N–H and O–H groups in total. The predicted molar refractivity (Wildman–Crippen MR) is 104 cm³/mol. The van der Waals surface area contributed by atoms with Gasteiger partial charge >= 0.3 is 0 Å². The fraction of sp³-hybridized carbons (Fsp3) is 0.150. The van der Waals surface area contributed by atoms with Crippen molar-refractivity contribution in [1.29, 1.82) is 0 Å². The number of hydrogen-bond donors (Lipinski definition) is 3. The lowest BCUT2D eigenvalue weighted by Gasteiger charge is -2.13. The molecule has 0 unspecified atom stereocenters. The first-order chi connectivity index (χ1) is 13.0. The number of carbonyl (C=O) groups is 1. The minimum absolute atomic E-state index is 0.205. The second kappa shape index (κ2) is 8.18. The Hall–Kier alpha value is -3.61. The average molecular weight is 363 g/mol. The zero-order chi connectivity index (χ0) is 19.2. The standard InChI is InChI=1S/C20H21N5O2/c1-13-8-14(2)10-16(9-13)27-20-18(21)19(22-12-23-20)25-24-17(26)11-15-6-4-3-5-7-15/h3-10,12H,11,21H2,1-2H3,(H,24,26)(H,22,23,25). The van der Waals surface area contributed by atoms with Crippen LogP contribution in [0.25, 0.3) is 0 Å². The number of aromatic nitrogens is 2. The largest absolute Gasteiger partial charge is 0.437 e. The van der Waals surface area contributed by atoms with Gasteiger partial charge < -0.3 is 10.5 Å². The first-order valence-corrected chi connectivity index (χ1v) is 8.46. The number of nitrogens with zero attached hydrogens (tertiary/aromatic N) is 2. The molecule has 0 aliphatic rings. The number of nitrogen functional groups attached to an aromatic ring is 1. The summed E-state index contributed by atoms with van der Waals surface area (Å²) in [6.07, 6.45) is 1.56. The van der Waals surface area contributed by atoms with Crippen molar-refractivity contribution < 1.29 is 9.53 Å². The van der Waals surface area contributed by atoms with Crippen LogP contribution < -0.4 is 21.3 Å². The number of nitrogens with two attached hydrogens (primary N) is 1. The smallest absolute Gasteiger partial charge is 0.248 e. The summed E-state index contributed by atoms with van der Waals surface area (Å²) in [5, 5.41) is 0. The number of hydrazine groups is 1. The molecule has 0 radical (unpaired) electrons. The Morgan fingerprint density at radius 3 is 2.48 bits per heavy atom. The molecule has 1 amide bonds. The maximum Gasteiger partial charge on any atom is 0.248 e. The number of anilines is 2. The van der Waals surface area contributed by atoms with Gasteiger partial charge in [-0.25, -0.2) is 4.98 Å². The maximum atomic E-state index is 12.1. The van der Waals surface area contributed by atoms with E-state index in [0.29, 0.717) is 5.75 Å². The molecular formula is C20H21N5O2. The predicted octanol–water partition coefficient (Wildman–Crippen LogP) is 3.15. The SMILES string of the molecule is Cc1cc(C)cc(Oc2ncnc(NNC(=O)Cc3ccccc3)c2N)c1. The summed E-state index contributed by atoms with van der Waals surface area (Å²) in [5.41, 5.74) is 14.7. The van der Waals surface area contributed by atoms with Gasteiger partial charge in [-0.15, -0.1) is 0 Å². The molecule has 0 fully saturated rings. The van der Waals surface area contributed by atoms with Crippen molar-refractivity contribution in [2.75, 3.05) is 11.2 Å². The topological polar surface area (TPSA) is 102 Å². The first-order valence-electron chi connectivity index (χ1n) is 8.46. The van der Waals surface area contributed by atoms with Crippen LogP contribution in [0, 0.1) is 13.8 Å². The van der Waals surface area contributed by atoms with Crippen LogP contribution in [0.4, 0.5) is 11.5 Å². The lowest BCUT2D eigenvalue weighted by molar-refractivity contribution is -0.119. The highest BCUT2D eigenvalue weighted by atomic mass is 16.5. The number of aryl methyl sites for hydroxylation is 2. The molecule has 0 atom stereocenters. The van der Waals surface area contributed by atoms with Crippen molar-refractivity contribution >= 4 is 17.4 Å². The molecule has 1 aromatic heterocycles. The molecule has 7 nitrogen and oxygen atoms in total. The number of rotatable bonds is 6. The van der Waals surface area contributed by atoms with E-state index >= 15 is 0 Å². The second-order valence-corrected chi connectivity index (χ2v) is 6.20. The fourth-order valence-corrected chi connectivity index (χ4v) is 2.62. The van der Waals surface area contributed by atoms with Crippen molar-refractivity contribution in [1.82, 2.24) is 15.4 Å². The molecule has 3 aromatic rings. The Morgan fingerprint density at radius 2 is 1.78 bits per heavy atom. The molecule has 0 aliphatic carbocycles. The monoisotopic (exact) mass is 363 g/mol. The summed E-state index contributed by atoms with van der Waals surface area (Å²) >= 11 is 0. The Labute approximate surface area is 157 Å². The van der Waals surface area contributed by atoms with Gasteiger partial charge in [-0.3, -0.25) is 15.6 Å².